The molecule has 0 spiro atoms. The molecule has 0 bridgehead atoms. The van der Waals surface area contributed by atoms with Gasteiger partial charge in [0.25, 0.3) is 5.69 Å². The zero-order valence-corrected chi connectivity index (χ0v) is 11.8. The van der Waals surface area contributed by atoms with Crippen LogP contribution in [0, 0.1) is 10.1 Å². The normalized spacial score (nSPS) is 12.3. The summed E-state index contributed by atoms with van der Waals surface area (Å²) in [5.74, 6) is 0. The van der Waals surface area contributed by atoms with E-state index in [9.17, 15) is 10.1 Å². The molecule has 2 aromatic rings. The first-order valence-corrected chi connectivity index (χ1v) is 6.96. The number of fused-ring (bicyclic) bond motifs is 1. The Kier molecular flexibility index (Phi) is 4.50. The highest BCUT2D eigenvalue weighted by Crippen LogP contribution is 2.30. The molecule has 0 saturated carbocycles. The second-order valence-corrected chi connectivity index (χ2v) is 4.83. The largest absolute Gasteiger partial charge is 0.381 e. The van der Waals surface area contributed by atoms with Gasteiger partial charge in [0.2, 0.25) is 0 Å². The van der Waals surface area contributed by atoms with Gasteiger partial charge in [-0.2, -0.15) is 0 Å². The van der Waals surface area contributed by atoms with Crippen LogP contribution < -0.4 is 5.32 Å². The fourth-order valence-corrected chi connectivity index (χ4v) is 2.38. The van der Waals surface area contributed by atoms with Gasteiger partial charge in [0, 0.05) is 18.3 Å². The van der Waals surface area contributed by atoms with E-state index in [1.165, 1.54) is 0 Å². The van der Waals surface area contributed by atoms with Gasteiger partial charge in [-0.05, 0) is 31.0 Å². The number of nitro benzene ring substituents is 1. The molecular formula is C15H19N3O2. The maximum atomic E-state index is 11.1. The van der Waals surface area contributed by atoms with E-state index in [-0.39, 0.29) is 10.6 Å². The van der Waals surface area contributed by atoms with Crippen LogP contribution >= 0.6 is 0 Å². The fourth-order valence-electron chi connectivity index (χ4n) is 2.38. The molecular weight excluding hydrogens is 254 g/mol. The van der Waals surface area contributed by atoms with Crippen molar-refractivity contribution < 1.29 is 4.92 Å². The monoisotopic (exact) mass is 273 g/mol. The van der Waals surface area contributed by atoms with Crippen LogP contribution in [-0.4, -0.2) is 15.9 Å². The number of hydrogen-bond acceptors (Lipinski definition) is 4. The summed E-state index contributed by atoms with van der Waals surface area (Å²) >= 11 is 0. The predicted octanol–water partition coefficient (Wildman–Crippen LogP) is 4.13. The number of nitrogens with zero attached hydrogens (tertiary/aromatic N) is 2. The lowest BCUT2D eigenvalue weighted by Gasteiger charge is -2.18. The summed E-state index contributed by atoms with van der Waals surface area (Å²) in [7, 11) is 0. The molecule has 1 unspecified atom stereocenters. The first-order valence-electron chi connectivity index (χ1n) is 6.96. The molecule has 106 valence electrons. The van der Waals surface area contributed by atoms with Gasteiger partial charge in [0.15, 0.2) is 0 Å². The molecule has 1 N–H and O–H groups in total. The van der Waals surface area contributed by atoms with Gasteiger partial charge in [-0.25, -0.2) is 0 Å². The second-order valence-electron chi connectivity index (χ2n) is 4.83. The number of aromatic nitrogens is 1. The molecule has 1 heterocycles. The predicted molar refractivity (Wildman–Crippen MR) is 81.0 cm³/mol. The Labute approximate surface area is 118 Å². The van der Waals surface area contributed by atoms with Crippen molar-refractivity contribution in [3.05, 3.63) is 40.6 Å². The molecule has 0 fully saturated rings. The number of nitro groups is 1. The molecule has 5 nitrogen and oxygen atoms in total. The maximum Gasteiger partial charge on any atom is 0.278 e. The minimum absolute atomic E-state index is 0.0992. The molecule has 0 aliphatic rings. The van der Waals surface area contributed by atoms with Crippen molar-refractivity contribution in [1.82, 2.24) is 4.98 Å². The Balaban J connectivity index is 2.45. The average molecular weight is 273 g/mol. The summed E-state index contributed by atoms with van der Waals surface area (Å²) in [5.41, 5.74) is 1.63. The van der Waals surface area contributed by atoms with Gasteiger partial charge >= 0.3 is 0 Å². The van der Waals surface area contributed by atoms with Crippen LogP contribution in [0.5, 0.6) is 0 Å². The van der Waals surface area contributed by atoms with Crippen molar-refractivity contribution in [2.24, 2.45) is 0 Å². The third-order valence-electron chi connectivity index (χ3n) is 3.43. The molecule has 0 aliphatic carbocycles. The highest BCUT2D eigenvalue weighted by molar-refractivity contribution is 5.96. The molecule has 0 amide bonds. The average Bonchev–Trinajstić information content (AvgIpc) is 2.46. The van der Waals surface area contributed by atoms with Crippen LogP contribution in [0.2, 0.25) is 0 Å². The second kappa shape index (κ2) is 6.32. The summed E-state index contributed by atoms with van der Waals surface area (Å²) in [5, 5.41) is 15.1. The summed E-state index contributed by atoms with van der Waals surface area (Å²) in [6.07, 6.45) is 4.85. The van der Waals surface area contributed by atoms with Gasteiger partial charge in [-0.15, -0.1) is 0 Å². The summed E-state index contributed by atoms with van der Waals surface area (Å²) < 4.78 is 0. The summed E-state index contributed by atoms with van der Waals surface area (Å²) in [6.45, 7) is 4.28. The molecule has 0 aliphatic heterocycles. The number of non-ortho nitro benzene ring substituents is 1. The fraction of sp³-hybridized carbons (Fsp3) is 0.400. The van der Waals surface area contributed by atoms with Crippen molar-refractivity contribution in [2.45, 2.75) is 39.2 Å². The number of anilines is 1. The van der Waals surface area contributed by atoms with E-state index in [4.69, 9.17) is 0 Å². The lowest BCUT2D eigenvalue weighted by molar-refractivity contribution is -0.383. The van der Waals surface area contributed by atoms with Crippen molar-refractivity contribution in [2.75, 3.05) is 5.32 Å². The number of nitrogens with one attached hydrogen (secondary N) is 1. The van der Waals surface area contributed by atoms with Crippen molar-refractivity contribution >= 4 is 22.3 Å². The van der Waals surface area contributed by atoms with Crippen LogP contribution in [0.25, 0.3) is 10.9 Å². The summed E-state index contributed by atoms with van der Waals surface area (Å²) in [4.78, 5) is 15.0. The molecule has 5 heteroatoms. The third-order valence-corrected chi connectivity index (χ3v) is 3.43. The zero-order valence-electron chi connectivity index (χ0n) is 11.8. The van der Waals surface area contributed by atoms with Crippen LogP contribution in [0.3, 0.4) is 0 Å². The Morgan fingerprint density at radius 1 is 1.35 bits per heavy atom. The van der Waals surface area contributed by atoms with Crippen LogP contribution in [0.4, 0.5) is 11.4 Å². The van der Waals surface area contributed by atoms with Crippen molar-refractivity contribution in [1.29, 1.82) is 0 Å². The third kappa shape index (κ3) is 2.87. The first kappa shape index (κ1) is 14.2. The van der Waals surface area contributed by atoms with Gasteiger partial charge in [-0.3, -0.25) is 15.1 Å². The Morgan fingerprint density at radius 3 is 2.80 bits per heavy atom. The van der Waals surface area contributed by atoms with E-state index in [2.05, 4.69) is 24.1 Å². The standard InChI is InChI=1S/C15H19N3O2/c1-3-6-11(4-2)17-13-8-9-14(18(19)20)12-7-5-10-16-15(12)13/h5,7-11,17H,3-4,6H2,1-2H3. The van der Waals surface area contributed by atoms with E-state index >= 15 is 0 Å². The molecule has 0 radical (unpaired) electrons. The van der Waals surface area contributed by atoms with E-state index < -0.39 is 0 Å². The number of benzene rings is 1. The maximum absolute atomic E-state index is 11.1. The topological polar surface area (TPSA) is 68.1 Å². The highest BCUT2D eigenvalue weighted by atomic mass is 16.6. The van der Waals surface area contributed by atoms with Gasteiger partial charge in [0.05, 0.1) is 16.0 Å². The Bertz CT molecular complexity index is 613. The smallest absolute Gasteiger partial charge is 0.278 e. The van der Waals surface area contributed by atoms with E-state index in [0.717, 1.165) is 24.9 Å². The van der Waals surface area contributed by atoms with E-state index in [1.54, 1.807) is 30.5 Å². The lowest BCUT2D eigenvalue weighted by Crippen LogP contribution is -2.18. The minimum Gasteiger partial charge on any atom is -0.381 e. The molecule has 20 heavy (non-hydrogen) atoms. The first-order chi connectivity index (χ1) is 9.67. The molecule has 1 aromatic carbocycles. The molecule has 1 atom stereocenters. The van der Waals surface area contributed by atoms with Crippen LogP contribution in [0.15, 0.2) is 30.5 Å². The Morgan fingerprint density at radius 2 is 2.15 bits per heavy atom. The Hall–Kier alpha value is -2.17. The van der Waals surface area contributed by atoms with Crippen molar-refractivity contribution in [3.63, 3.8) is 0 Å². The van der Waals surface area contributed by atoms with E-state index in [1.807, 2.05) is 0 Å². The van der Waals surface area contributed by atoms with Gasteiger partial charge in [0.1, 0.15) is 5.52 Å². The number of hydrogen-bond donors (Lipinski definition) is 1. The highest BCUT2D eigenvalue weighted by Gasteiger charge is 2.16. The quantitative estimate of drug-likeness (QED) is 0.634. The SMILES string of the molecule is CCCC(CC)Nc1ccc([N+](=O)[O-])c2cccnc12. The number of rotatable bonds is 6. The van der Waals surface area contributed by atoms with Crippen LogP contribution in [0.1, 0.15) is 33.1 Å². The lowest BCUT2D eigenvalue weighted by atomic mass is 10.1. The summed E-state index contributed by atoms with van der Waals surface area (Å²) in [6, 6.07) is 7.14. The molecule has 0 saturated heterocycles. The zero-order chi connectivity index (χ0) is 14.5. The molecule has 2 rings (SSSR count). The van der Waals surface area contributed by atoms with E-state index in [0.29, 0.717) is 16.9 Å². The molecule has 1 aromatic heterocycles. The van der Waals surface area contributed by atoms with Gasteiger partial charge < -0.3 is 5.32 Å². The van der Waals surface area contributed by atoms with Crippen LogP contribution in [-0.2, 0) is 0 Å². The minimum atomic E-state index is -0.364. The van der Waals surface area contributed by atoms with Gasteiger partial charge in [-0.1, -0.05) is 20.3 Å². The van der Waals surface area contributed by atoms with Crippen molar-refractivity contribution in [3.8, 4) is 0 Å². The number of pyridine rings is 1.